The second kappa shape index (κ2) is 5.22. The van der Waals surface area contributed by atoms with E-state index in [0.29, 0.717) is 0 Å². The Morgan fingerprint density at radius 2 is 1.95 bits per heavy atom. The second-order valence-electron chi connectivity index (χ2n) is 4.98. The Balaban J connectivity index is 2.11. The fourth-order valence-electron chi connectivity index (χ4n) is 2.48. The number of hydrogen-bond donors (Lipinski definition) is 0. The summed E-state index contributed by atoms with van der Waals surface area (Å²) >= 11 is 5.24. The summed E-state index contributed by atoms with van der Waals surface area (Å²) < 4.78 is 2.15. The summed E-state index contributed by atoms with van der Waals surface area (Å²) in [5.41, 5.74) is 4.90. The standard InChI is InChI=1S/C15H16BrN3S/c1-10-6-11(2)8-12(7-10)18(3)14-13(9-16)19-4-5-20-15(19)17-14/h4-8H,9H2,1-3H3. The van der Waals surface area contributed by atoms with E-state index in [4.69, 9.17) is 4.98 Å². The van der Waals surface area contributed by atoms with Gasteiger partial charge in [-0.3, -0.25) is 4.40 Å². The van der Waals surface area contributed by atoms with Crippen molar-refractivity contribution in [3.8, 4) is 0 Å². The quantitative estimate of drug-likeness (QED) is 0.640. The minimum absolute atomic E-state index is 0.787. The first-order valence-corrected chi connectivity index (χ1v) is 8.42. The molecule has 0 fully saturated rings. The van der Waals surface area contributed by atoms with Gasteiger partial charge in [-0.15, -0.1) is 11.3 Å². The van der Waals surface area contributed by atoms with E-state index in [-0.39, 0.29) is 0 Å². The van der Waals surface area contributed by atoms with Crippen molar-refractivity contribution >= 4 is 43.7 Å². The molecule has 20 heavy (non-hydrogen) atoms. The summed E-state index contributed by atoms with van der Waals surface area (Å²) in [6.45, 7) is 4.25. The molecule has 3 aromatic rings. The molecule has 0 saturated heterocycles. The summed E-state index contributed by atoms with van der Waals surface area (Å²) in [4.78, 5) is 7.95. The van der Waals surface area contributed by atoms with Crippen molar-refractivity contribution in [1.82, 2.24) is 9.38 Å². The number of alkyl halides is 1. The molecular weight excluding hydrogens is 334 g/mol. The Labute approximate surface area is 131 Å². The van der Waals surface area contributed by atoms with E-state index in [1.165, 1.54) is 22.5 Å². The number of hydrogen-bond acceptors (Lipinski definition) is 3. The van der Waals surface area contributed by atoms with E-state index >= 15 is 0 Å². The third-order valence-corrected chi connectivity index (χ3v) is 4.67. The van der Waals surface area contributed by atoms with Crippen molar-refractivity contribution in [3.63, 3.8) is 0 Å². The molecule has 5 heteroatoms. The average Bonchev–Trinajstić information content (AvgIpc) is 2.96. The van der Waals surface area contributed by atoms with Crippen molar-refractivity contribution in [2.45, 2.75) is 19.2 Å². The maximum Gasteiger partial charge on any atom is 0.195 e. The van der Waals surface area contributed by atoms with Crippen LogP contribution >= 0.6 is 27.3 Å². The van der Waals surface area contributed by atoms with Gasteiger partial charge in [-0.2, -0.15) is 0 Å². The number of aryl methyl sites for hydroxylation is 2. The first kappa shape index (κ1) is 13.6. The lowest BCUT2D eigenvalue weighted by Gasteiger charge is -2.19. The fraction of sp³-hybridized carbons (Fsp3) is 0.267. The van der Waals surface area contributed by atoms with Crippen molar-refractivity contribution in [3.05, 3.63) is 46.6 Å². The number of rotatable bonds is 3. The highest BCUT2D eigenvalue weighted by Crippen LogP contribution is 2.31. The lowest BCUT2D eigenvalue weighted by atomic mass is 10.1. The third-order valence-electron chi connectivity index (χ3n) is 3.38. The van der Waals surface area contributed by atoms with Gasteiger partial charge >= 0.3 is 0 Å². The molecule has 0 aliphatic rings. The van der Waals surface area contributed by atoms with E-state index < -0.39 is 0 Å². The van der Waals surface area contributed by atoms with E-state index in [1.54, 1.807) is 11.3 Å². The van der Waals surface area contributed by atoms with Crippen LogP contribution in [-0.2, 0) is 5.33 Å². The molecule has 0 atom stereocenters. The molecule has 0 spiro atoms. The minimum Gasteiger partial charge on any atom is -0.328 e. The van der Waals surface area contributed by atoms with Crippen LogP contribution in [0.2, 0.25) is 0 Å². The first-order chi connectivity index (χ1) is 9.60. The zero-order valence-corrected chi connectivity index (χ0v) is 14.1. The molecule has 1 aromatic carbocycles. The van der Waals surface area contributed by atoms with E-state index in [1.807, 2.05) is 0 Å². The molecule has 0 saturated carbocycles. The van der Waals surface area contributed by atoms with Gasteiger partial charge in [0, 0.05) is 29.6 Å². The molecular formula is C15H16BrN3S. The Morgan fingerprint density at radius 3 is 2.60 bits per heavy atom. The van der Waals surface area contributed by atoms with Crippen LogP contribution in [0.25, 0.3) is 4.96 Å². The monoisotopic (exact) mass is 349 g/mol. The lowest BCUT2D eigenvalue weighted by molar-refractivity contribution is 1.08. The predicted molar refractivity (Wildman–Crippen MR) is 89.7 cm³/mol. The van der Waals surface area contributed by atoms with Crippen molar-refractivity contribution in [2.24, 2.45) is 0 Å². The fourth-order valence-corrected chi connectivity index (χ4v) is 3.73. The Hall–Kier alpha value is -1.33. The number of anilines is 2. The third kappa shape index (κ3) is 2.25. The highest BCUT2D eigenvalue weighted by Gasteiger charge is 2.17. The first-order valence-electron chi connectivity index (χ1n) is 6.42. The van der Waals surface area contributed by atoms with Crippen LogP contribution in [0, 0.1) is 13.8 Å². The van der Waals surface area contributed by atoms with Crippen LogP contribution in [0.15, 0.2) is 29.8 Å². The van der Waals surface area contributed by atoms with Gasteiger partial charge in [-0.25, -0.2) is 4.98 Å². The van der Waals surface area contributed by atoms with Gasteiger partial charge in [0.15, 0.2) is 10.8 Å². The lowest BCUT2D eigenvalue weighted by Crippen LogP contribution is -2.12. The molecule has 0 aliphatic heterocycles. The number of fused-ring (bicyclic) bond motifs is 1. The van der Waals surface area contributed by atoms with Gasteiger partial charge in [0.2, 0.25) is 0 Å². The van der Waals surface area contributed by atoms with Crippen LogP contribution in [0.5, 0.6) is 0 Å². The molecule has 0 N–H and O–H groups in total. The minimum atomic E-state index is 0.787. The SMILES string of the molecule is Cc1cc(C)cc(N(C)c2nc3sccn3c2CBr)c1. The zero-order valence-electron chi connectivity index (χ0n) is 11.7. The maximum atomic E-state index is 4.76. The summed E-state index contributed by atoms with van der Waals surface area (Å²) in [6, 6.07) is 6.57. The van der Waals surface area contributed by atoms with Crippen LogP contribution < -0.4 is 4.90 Å². The maximum absolute atomic E-state index is 4.76. The van der Waals surface area contributed by atoms with Crippen molar-refractivity contribution in [2.75, 3.05) is 11.9 Å². The van der Waals surface area contributed by atoms with Crippen LogP contribution in [0.1, 0.15) is 16.8 Å². The molecule has 0 amide bonds. The number of imidazole rings is 1. The van der Waals surface area contributed by atoms with Crippen LogP contribution in [0.4, 0.5) is 11.5 Å². The summed E-state index contributed by atoms with van der Waals surface area (Å²) in [7, 11) is 2.08. The molecule has 0 unspecified atom stereocenters. The molecule has 3 nitrogen and oxygen atoms in total. The Kier molecular flexibility index (Phi) is 3.56. The normalized spacial score (nSPS) is 11.2. The molecule has 0 bridgehead atoms. The number of nitrogens with zero attached hydrogens (tertiary/aromatic N) is 3. The number of aromatic nitrogens is 2. The highest BCUT2D eigenvalue weighted by molar-refractivity contribution is 9.08. The van der Waals surface area contributed by atoms with Crippen LogP contribution in [-0.4, -0.2) is 16.4 Å². The number of benzene rings is 1. The smallest absolute Gasteiger partial charge is 0.195 e. The van der Waals surface area contributed by atoms with Gasteiger partial charge in [-0.05, 0) is 37.1 Å². The molecule has 2 heterocycles. The largest absolute Gasteiger partial charge is 0.328 e. The van der Waals surface area contributed by atoms with E-state index in [9.17, 15) is 0 Å². The Bertz CT molecular complexity index is 739. The summed E-state index contributed by atoms with van der Waals surface area (Å²) in [5.74, 6) is 1.01. The highest BCUT2D eigenvalue weighted by atomic mass is 79.9. The summed E-state index contributed by atoms with van der Waals surface area (Å²) in [5, 5.41) is 2.85. The molecule has 2 aromatic heterocycles. The Morgan fingerprint density at radius 1 is 1.25 bits per heavy atom. The molecule has 0 radical (unpaired) electrons. The van der Waals surface area contributed by atoms with E-state index in [2.05, 4.69) is 75.9 Å². The van der Waals surface area contributed by atoms with Crippen LogP contribution in [0.3, 0.4) is 0 Å². The van der Waals surface area contributed by atoms with Gasteiger partial charge < -0.3 is 4.90 Å². The molecule has 104 valence electrons. The average molecular weight is 350 g/mol. The van der Waals surface area contributed by atoms with Crippen molar-refractivity contribution in [1.29, 1.82) is 0 Å². The van der Waals surface area contributed by atoms with Gasteiger partial charge in [0.05, 0.1) is 5.69 Å². The van der Waals surface area contributed by atoms with Crippen molar-refractivity contribution < 1.29 is 0 Å². The topological polar surface area (TPSA) is 20.5 Å². The summed E-state index contributed by atoms with van der Waals surface area (Å²) in [6.07, 6.45) is 2.07. The zero-order chi connectivity index (χ0) is 14.3. The molecule has 3 rings (SSSR count). The number of halogens is 1. The van der Waals surface area contributed by atoms with E-state index in [0.717, 1.165) is 16.1 Å². The van der Waals surface area contributed by atoms with Gasteiger partial charge in [-0.1, -0.05) is 22.0 Å². The number of thiazole rings is 1. The second-order valence-corrected chi connectivity index (χ2v) is 6.41. The van der Waals surface area contributed by atoms with Gasteiger partial charge in [0.1, 0.15) is 0 Å². The predicted octanol–water partition coefficient (Wildman–Crippen LogP) is 4.68. The molecule has 0 aliphatic carbocycles. The van der Waals surface area contributed by atoms with Gasteiger partial charge in [0.25, 0.3) is 0 Å².